The monoisotopic (exact) mass is 244 g/mol. The third-order valence-electron chi connectivity index (χ3n) is 3.49. The van der Waals surface area contributed by atoms with Crippen molar-refractivity contribution in [3.8, 4) is 11.3 Å². The predicted molar refractivity (Wildman–Crippen MR) is 67.9 cm³/mol. The summed E-state index contributed by atoms with van der Waals surface area (Å²) in [6.45, 7) is 3.22. The second-order valence-corrected chi connectivity index (χ2v) is 4.70. The molecule has 3 heterocycles. The van der Waals surface area contributed by atoms with Gasteiger partial charge in [-0.3, -0.25) is 9.48 Å². The third-order valence-corrected chi connectivity index (χ3v) is 3.49. The lowest BCUT2D eigenvalue weighted by Crippen LogP contribution is -2.26. The molecule has 1 amide bonds. The van der Waals surface area contributed by atoms with Gasteiger partial charge in [0.05, 0.1) is 12.2 Å². The van der Waals surface area contributed by atoms with E-state index >= 15 is 0 Å². The van der Waals surface area contributed by atoms with Crippen LogP contribution in [0, 0.1) is 0 Å². The molecule has 94 valence electrons. The van der Waals surface area contributed by atoms with Crippen LogP contribution in [-0.4, -0.2) is 38.7 Å². The molecule has 1 aliphatic heterocycles. The fourth-order valence-electron chi connectivity index (χ4n) is 2.43. The first kappa shape index (κ1) is 11.1. The second-order valence-electron chi connectivity index (χ2n) is 4.70. The Hall–Kier alpha value is -2.04. The number of nitrogens with zero attached hydrogens (tertiary/aromatic N) is 3. The van der Waals surface area contributed by atoms with Crippen LogP contribution in [0.1, 0.15) is 19.4 Å². The van der Waals surface area contributed by atoms with Crippen molar-refractivity contribution in [3.05, 3.63) is 30.7 Å². The van der Waals surface area contributed by atoms with Crippen LogP contribution in [0.2, 0.25) is 0 Å². The standard InChI is InChI=1S/C13H16N4O/c1-10(18)16-6-4-12(9-16)17-8-11(7-15-17)13-3-2-5-14-13/h2-3,5,7-8,12,14H,4,6,9H2,1H3/t12-/m0/s1. The number of H-pyrrole nitrogens is 1. The van der Waals surface area contributed by atoms with Gasteiger partial charge in [-0.25, -0.2) is 0 Å². The summed E-state index contributed by atoms with van der Waals surface area (Å²) in [7, 11) is 0. The first-order chi connectivity index (χ1) is 8.74. The first-order valence-electron chi connectivity index (χ1n) is 6.17. The van der Waals surface area contributed by atoms with Crippen molar-refractivity contribution in [2.75, 3.05) is 13.1 Å². The Morgan fingerprint density at radius 1 is 1.56 bits per heavy atom. The second kappa shape index (κ2) is 4.33. The maximum Gasteiger partial charge on any atom is 0.219 e. The van der Waals surface area contributed by atoms with Crippen molar-refractivity contribution in [2.45, 2.75) is 19.4 Å². The number of likely N-dealkylation sites (tertiary alicyclic amines) is 1. The molecule has 3 rings (SSSR count). The Labute approximate surface area is 105 Å². The maximum absolute atomic E-state index is 11.3. The Bertz CT molecular complexity index is 543. The summed E-state index contributed by atoms with van der Waals surface area (Å²) in [6.07, 6.45) is 6.79. The van der Waals surface area contributed by atoms with Gasteiger partial charge in [-0.2, -0.15) is 5.10 Å². The summed E-state index contributed by atoms with van der Waals surface area (Å²) in [5, 5.41) is 4.41. The molecule has 1 aliphatic rings. The number of aromatic nitrogens is 3. The summed E-state index contributed by atoms with van der Waals surface area (Å²) in [5.41, 5.74) is 2.16. The number of carbonyl (C=O) groups is 1. The number of hydrogen-bond donors (Lipinski definition) is 1. The number of amides is 1. The molecule has 1 saturated heterocycles. The van der Waals surface area contributed by atoms with Crippen LogP contribution in [0.3, 0.4) is 0 Å². The Kier molecular flexibility index (Phi) is 2.66. The fraction of sp³-hybridized carbons (Fsp3) is 0.385. The lowest BCUT2D eigenvalue weighted by Gasteiger charge is -2.13. The molecule has 5 heteroatoms. The quantitative estimate of drug-likeness (QED) is 0.873. The van der Waals surface area contributed by atoms with Crippen LogP contribution < -0.4 is 0 Å². The average molecular weight is 244 g/mol. The highest BCUT2D eigenvalue weighted by Gasteiger charge is 2.25. The summed E-state index contributed by atoms with van der Waals surface area (Å²) >= 11 is 0. The molecule has 1 atom stereocenters. The van der Waals surface area contributed by atoms with Gasteiger partial charge in [0, 0.05) is 43.7 Å². The van der Waals surface area contributed by atoms with Crippen LogP contribution in [0.4, 0.5) is 0 Å². The van der Waals surface area contributed by atoms with Gasteiger partial charge in [-0.15, -0.1) is 0 Å². The van der Waals surface area contributed by atoms with Crippen molar-refractivity contribution < 1.29 is 4.79 Å². The average Bonchev–Trinajstić information content (AvgIpc) is 3.10. The molecule has 2 aromatic rings. The summed E-state index contributed by atoms with van der Waals surface area (Å²) in [5.74, 6) is 0.147. The smallest absolute Gasteiger partial charge is 0.219 e. The zero-order chi connectivity index (χ0) is 12.5. The van der Waals surface area contributed by atoms with E-state index in [2.05, 4.69) is 10.1 Å². The molecule has 1 N–H and O–H groups in total. The highest BCUT2D eigenvalue weighted by Crippen LogP contribution is 2.23. The topological polar surface area (TPSA) is 53.9 Å². The van der Waals surface area contributed by atoms with Crippen LogP contribution in [0.25, 0.3) is 11.3 Å². The van der Waals surface area contributed by atoms with Crippen LogP contribution in [-0.2, 0) is 4.79 Å². The van der Waals surface area contributed by atoms with Gasteiger partial charge in [0.1, 0.15) is 0 Å². The lowest BCUT2D eigenvalue weighted by atomic mass is 10.2. The van der Waals surface area contributed by atoms with Gasteiger partial charge >= 0.3 is 0 Å². The highest BCUT2D eigenvalue weighted by atomic mass is 16.2. The van der Waals surface area contributed by atoms with E-state index in [1.54, 1.807) is 6.92 Å². The molecule has 0 bridgehead atoms. The molecule has 18 heavy (non-hydrogen) atoms. The van der Waals surface area contributed by atoms with Gasteiger partial charge in [0.15, 0.2) is 0 Å². The maximum atomic E-state index is 11.3. The fourth-order valence-corrected chi connectivity index (χ4v) is 2.43. The number of hydrogen-bond acceptors (Lipinski definition) is 2. The largest absolute Gasteiger partial charge is 0.361 e. The van der Waals surface area contributed by atoms with Crippen LogP contribution >= 0.6 is 0 Å². The minimum Gasteiger partial charge on any atom is -0.361 e. The number of rotatable bonds is 2. The molecular weight excluding hydrogens is 228 g/mol. The number of nitrogens with one attached hydrogen (secondary N) is 1. The molecule has 1 fully saturated rings. The van der Waals surface area contributed by atoms with Gasteiger partial charge in [0.25, 0.3) is 0 Å². The first-order valence-corrected chi connectivity index (χ1v) is 6.17. The normalized spacial score (nSPS) is 19.4. The van der Waals surface area contributed by atoms with E-state index in [9.17, 15) is 4.79 Å². The van der Waals surface area contributed by atoms with E-state index in [1.807, 2.05) is 40.3 Å². The molecule has 0 aliphatic carbocycles. The minimum atomic E-state index is 0.147. The van der Waals surface area contributed by atoms with E-state index in [4.69, 9.17) is 0 Å². The highest BCUT2D eigenvalue weighted by molar-refractivity contribution is 5.73. The SMILES string of the molecule is CC(=O)N1CC[C@H](n2cc(-c3ccc[nH]3)cn2)C1. The van der Waals surface area contributed by atoms with E-state index in [0.717, 1.165) is 30.8 Å². The number of carbonyl (C=O) groups excluding carboxylic acids is 1. The summed E-state index contributed by atoms with van der Waals surface area (Å²) < 4.78 is 1.97. The van der Waals surface area contributed by atoms with Crippen LogP contribution in [0.5, 0.6) is 0 Å². The molecule has 0 unspecified atom stereocenters. The lowest BCUT2D eigenvalue weighted by molar-refractivity contribution is -0.127. The molecule has 0 saturated carbocycles. The van der Waals surface area contributed by atoms with Crippen molar-refractivity contribution in [3.63, 3.8) is 0 Å². The van der Waals surface area contributed by atoms with Gasteiger partial charge in [0.2, 0.25) is 5.91 Å². The molecule has 2 aromatic heterocycles. The van der Waals surface area contributed by atoms with E-state index in [-0.39, 0.29) is 5.91 Å². The Morgan fingerprint density at radius 2 is 2.44 bits per heavy atom. The zero-order valence-electron chi connectivity index (χ0n) is 10.3. The van der Waals surface area contributed by atoms with Crippen LogP contribution in [0.15, 0.2) is 30.7 Å². The molecular formula is C13H16N4O. The van der Waals surface area contributed by atoms with Crippen molar-refractivity contribution >= 4 is 5.91 Å². The minimum absolute atomic E-state index is 0.147. The molecule has 0 aromatic carbocycles. The van der Waals surface area contributed by atoms with Gasteiger partial charge < -0.3 is 9.88 Å². The summed E-state index contributed by atoms with van der Waals surface area (Å²) in [6, 6.07) is 4.30. The van der Waals surface area contributed by atoms with E-state index in [1.165, 1.54) is 0 Å². The predicted octanol–water partition coefficient (Wildman–Crippen LogP) is 1.67. The molecule has 5 nitrogen and oxygen atoms in total. The van der Waals surface area contributed by atoms with E-state index in [0.29, 0.717) is 6.04 Å². The van der Waals surface area contributed by atoms with Crippen molar-refractivity contribution in [2.24, 2.45) is 0 Å². The molecule has 0 spiro atoms. The van der Waals surface area contributed by atoms with Crippen molar-refractivity contribution in [1.82, 2.24) is 19.7 Å². The Morgan fingerprint density at radius 3 is 3.11 bits per heavy atom. The number of aromatic amines is 1. The molecule has 0 radical (unpaired) electrons. The zero-order valence-corrected chi connectivity index (χ0v) is 10.3. The van der Waals surface area contributed by atoms with Gasteiger partial charge in [-0.05, 0) is 18.6 Å². The van der Waals surface area contributed by atoms with Crippen molar-refractivity contribution in [1.29, 1.82) is 0 Å². The third kappa shape index (κ3) is 1.92. The van der Waals surface area contributed by atoms with Gasteiger partial charge in [-0.1, -0.05) is 0 Å². The Balaban J connectivity index is 1.77. The summed E-state index contributed by atoms with van der Waals surface area (Å²) in [4.78, 5) is 16.3. The van der Waals surface area contributed by atoms with E-state index < -0.39 is 0 Å².